The van der Waals surface area contributed by atoms with Gasteiger partial charge in [-0.15, -0.1) is 40.8 Å². The Morgan fingerprint density at radius 3 is 2.44 bits per heavy atom. The third-order valence-corrected chi connectivity index (χ3v) is 12.2. The van der Waals surface area contributed by atoms with Gasteiger partial charge in [0, 0.05) is 17.4 Å². The van der Waals surface area contributed by atoms with Crippen molar-refractivity contribution in [2.24, 2.45) is 4.99 Å². The van der Waals surface area contributed by atoms with Crippen LogP contribution in [0.2, 0.25) is 0 Å². The van der Waals surface area contributed by atoms with Crippen molar-refractivity contribution >= 4 is 44.8 Å². The Labute approximate surface area is 335 Å². The number of aliphatic imine (C=N–C) groups is 1. The van der Waals surface area contributed by atoms with Crippen molar-refractivity contribution in [3.05, 3.63) is 125 Å². The van der Waals surface area contributed by atoms with Gasteiger partial charge in [-0.05, 0) is 96.3 Å². The molecule has 4 heterocycles. The molecule has 0 spiro atoms. The Kier molecular flexibility index (Phi) is 8.81. The molecule has 0 amide bonds. The van der Waals surface area contributed by atoms with Crippen LogP contribution in [0, 0.1) is 19.1 Å². The van der Waals surface area contributed by atoms with Crippen LogP contribution >= 0.6 is 0 Å². The zero-order valence-corrected chi connectivity index (χ0v) is 35.3. The van der Waals surface area contributed by atoms with Crippen LogP contribution in [0.1, 0.15) is 120 Å². The van der Waals surface area contributed by atoms with Crippen molar-refractivity contribution in [2.75, 3.05) is 4.90 Å². The predicted molar refractivity (Wildman–Crippen MR) is 219 cm³/mol. The minimum atomic E-state index is -0.281. The van der Waals surface area contributed by atoms with Crippen molar-refractivity contribution in [1.29, 1.82) is 0 Å². The number of ether oxygens (including phenoxy) is 1. The van der Waals surface area contributed by atoms with E-state index >= 15 is 0 Å². The molecular formula is C48H50N4OPt. The molecule has 2 aliphatic heterocycles. The molecule has 6 aromatic rings. The standard InChI is InChI=1S/C48H50N4O.Pt/c1-29(2)31-23-32(45-50-43-16-12-13-20-48(43,9)53-45)25-34(24-31)51-40-15-11-10-14-37(40)47(7,8)38-27-36-35-22-30(3)17-18-39(35)52(41(36)28-42(38)51)44-26-33(19-21-49-44)46(4,5)6;/h10-11,14-15,17-19,21-24,26-27,29,43H,12-13,16,20H2,1-9H3;/q-2;+2/t43-,48-;/m0./s1. The van der Waals surface area contributed by atoms with Gasteiger partial charge in [0.2, 0.25) is 0 Å². The van der Waals surface area contributed by atoms with Crippen LogP contribution in [0.4, 0.5) is 17.1 Å². The van der Waals surface area contributed by atoms with Gasteiger partial charge in [-0.3, -0.25) is 4.99 Å². The fourth-order valence-corrected chi connectivity index (χ4v) is 8.97. The quantitative estimate of drug-likeness (QED) is 0.166. The molecule has 0 unspecified atom stereocenters. The summed E-state index contributed by atoms with van der Waals surface area (Å²) in [6.07, 6.45) is 6.45. The molecule has 6 heteroatoms. The van der Waals surface area contributed by atoms with Crippen molar-refractivity contribution in [2.45, 2.75) is 116 Å². The molecule has 9 rings (SSSR count). The second-order valence-electron chi connectivity index (χ2n) is 17.8. The molecule has 3 aliphatic rings. The summed E-state index contributed by atoms with van der Waals surface area (Å²) >= 11 is 0. The van der Waals surface area contributed by atoms with Crippen LogP contribution in [-0.2, 0) is 36.6 Å². The van der Waals surface area contributed by atoms with Crippen LogP contribution < -0.4 is 4.90 Å². The first-order chi connectivity index (χ1) is 25.2. The van der Waals surface area contributed by atoms with E-state index in [0.717, 1.165) is 58.2 Å². The van der Waals surface area contributed by atoms with Crippen LogP contribution in [0.25, 0.3) is 27.6 Å². The van der Waals surface area contributed by atoms with E-state index in [9.17, 15) is 0 Å². The maximum atomic E-state index is 6.77. The maximum Gasteiger partial charge on any atom is 2.00 e. The molecule has 1 aliphatic carbocycles. The Hall–Kier alpha value is -4.21. The number of aromatic nitrogens is 2. The van der Waals surface area contributed by atoms with Crippen LogP contribution in [0.5, 0.6) is 0 Å². The smallest absolute Gasteiger partial charge is 0.512 e. The second-order valence-corrected chi connectivity index (χ2v) is 17.8. The molecular weight excluding hydrogens is 844 g/mol. The largest absolute Gasteiger partial charge is 2.00 e. The number of pyridine rings is 1. The predicted octanol–water partition coefficient (Wildman–Crippen LogP) is 12.1. The third kappa shape index (κ3) is 5.76. The number of para-hydroxylation sites is 1. The number of hydrogen-bond donors (Lipinski definition) is 0. The molecule has 0 saturated heterocycles. The number of rotatable bonds is 4. The Morgan fingerprint density at radius 1 is 0.889 bits per heavy atom. The third-order valence-electron chi connectivity index (χ3n) is 12.2. The monoisotopic (exact) mass is 893 g/mol. The van der Waals surface area contributed by atoms with E-state index in [1.54, 1.807) is 0 Å². The molecule has 5 nitrogen and oxygen atoms in total. The zero-order valence-electron chi connectivity index (χ0n) is 33.0. The van der Waals surface area contributed by atoms with E-state index in [4.69, 9.17) is 14.7 Å². The minimum absolute atomic E-state index is 0. The molecule has 2 aromatic heterocycles. The van der Waals surface area contributed by atoms with Crippen LogP contribution in [0.3, 0.4) is 0 Å². The number of anilines is 3. The van der Waals surface area contributed by atoms with E-state index in [1.165, 1.54) is 51.4 Å². The van der Waals surface area contributed by atoms with E-state index < -0.39 is 0 Å². The summed E-state index contributed by atoms with van der Waals surface area (Å²) in [4.78, 5) is 12.6. The molecule has 278 valence electrons. The van der Waals surface area contributed by atoms with Gasteiger partial charge >= 0.3 is 21.1 Å². The molecule has 1 fully saturated rings. The van der Waals surface area contributed by atoms with Gasteiger partial charge in [0.25, 0.3) is 0 Å². The molecule has 4 aromatic carbocycles. The number of benzene rings is 4. The number of nitrogens with zero attached hydrogens (tertiary/aromatic N) is 4. The van der Waals surface area contributed by atoms with Crippen molar-refractivity contribution in [3.8, 4) is 5.82 Å². The molecule has 0 radical (unpaired) electrons. The average molecular weight is 894 g/mol. The Balaban J connectivity index is 0.00000413. The first kappa shape index (κ1) is 36.7. The first-order valence-electron chi connectivity index (χ1n) is 19.5. The maximum absolute atomic E-state index is 6.77. The van der Waals surface area contributed by atoms with Gasteiger partial charge in [0.05, 0.1) is 6.04 Å². The molecule has 0 N–H and O–H groups in total. The van der Waals surface area contributed by atoms with E-state index in [0.29, 0.717) is 5.92 Å². The molecule has 54 heavy (non-hydrogen) atoms. The summed E-state index contributed by atoms with van der Waals surface area (Å²) in [5, 5.41) is 2.40. The van der Waals surface area contributed by atoms with Gasteiger partial charge in [-0.25, -0.2) is 4.98 Å². The first-order valence-corrected chi connectivity index (χ1v) is 19.5. The molecule has 0 bridgehead atoms. The molecule has 2 atom stereocenters. The fraction of sp³-hybridized carbons (Fsp3) is 0.375. The molecule has 1 saturated carbocycles. The van der Waals surface area contributed by atoms with Crippen molar-refractivity contribution < 1.29 is 25.8 Å². The van der Waals surface area contributed by atoms with Gasteiger partial charge in [-0.2, -0.15) is 6.07 Å². The Bertz CT molecular complexity index is 2480. The number of aryl methyl sites for hydroxylation is 1. The van der Waals surface area contributed by atoms with Gasteiger partial charge in [-0.1, -0.05) is 108 Å². The second kappa shape index (κ2) is 12.9. The van der Waals surface area contributed by atoms with Gasteiger partial charge in [0.1, 0.15) is 17.3 Å². The van der Waals surface area contributed by atoms with E-state index in [-0.39, 0.29) is 43.5 Å². The van der Waals surface area contributed by atoms with Crippen LogP contribution in [-0.4, -0.2) is 27.1 Å². The summed E-state index contributed by atoms with van der Waals surface area (Å²) in [5.41, 5.74) is 11.9. The van der Waals surface area contributed by atoms with Crippen LogP contribution in [0.15, 0.2) is 84.0 Å². The van der Waals surface area contributed by atoms with Crippen molar-refractivity contribution in [1.82, 2.24) is 9.55 Å². The number of hydrogen-bond acceptors (Lipinski definition) is 4. The Morgan fingerprint density at radius 2 is 1.69 bits per heavy atom. The summed E-state index contributed by atoms with van der Waals surface area (Å²) < 4.78 is 9.08. The summed E-state index contributed by atoms with van der Waals surface area (Å²) in [7, 11) is 0. The van der Waals surface area contributed by atoms with Crippen molar-refractivity contribution in [3.63, 3.8) is 0 Å². The van der Waals surface area contributed by atoms with Gasteiger partial charge < -0.3 is 14.2 Å². The average Bonchev–Trinajstić information content (AvgIpc) is 3.65. The topological polar surface area (TPSA) is 42.7 Å². The summed E-state index contributed by atoms with van der Waals surface area (Å²) in [6.45, 7) is 20.4. The normalized spacial score (nSPS) is 20.3. The summed E-state index contributed by atoms with van der Waals surface area (Å²) in [5.74, 6) is 1.94. The van der Waals surface area contributed by atoms with E-state index in [2.05, 4.69) is 157 Å². The minimum Gasteiger partial charge on any atom is -0.512 e. The summed E-state index contributed by atoms with van der Waals surface area (Å²) in [6, 6.07) is 35.1. The number of fused-ring (bicyclic) bond motifs is 6. The van der Waals surface area contributed by atoms with Gasteiger partial charge in [0.15, 0.2) is 0 Å². The SMILES string of the molecule is Cc1ccc2c(c1)c1cc3c([c-]c1n2-c1cc(C(C)(C)C)ccn1)N(c1[c-]c(C2=N[C@H]4CCCC[C@]4(C)O2)cc(C(C)C)c1)c1ccccc1C3(C)C.[Pt+2]. The van der Waals surface area contributed by atoms with E-state index in [1.807, 2.05) is 6.20 Å². The zero-order chi connectivity index (χ0) is 37.0. The fourth-order valence-electron chi connectivity index (χ4n) is 8.97.